The number of piperidine rings is 1. The van der Waals surface area contributed by atoms with Crippen molar-refractivity contribution < 1.29 is 22.0 Å². The summed E-state index contributed by atoms with van der Waals surface area (Å²) < 4.78 is 54.6. The molecule has 1 aliphatic rings. The number of halogens is 2. The van der Waals surface area contributed by atoms with E-state index in [-0.39, 0.29) is 26.3 Å². The van der Waals surface area contributed by atoms with Gasteiger partial charge in [0.2, 0.25) is 9.84 Å². The molecule has 0 atom stereocenters. The van der Waals surface area contributed by atoms with Crippen LogP contribution in [-0.2, 0) is 9.84 Å². The molecule has 0 radical (unpaired) electrons. The van der Waals surface area contributed by atoms with Gasteiger partial charge in [-0.05, 0) is 55.7 Å². The van der Waals surface area contributed by atoms with E-state index in [2.05, 4.69) is 4.98 Å². The second-order valence-electron chi connectivity index (χ2n) is 6.98. The van der Waals surface area contributed by atoms with E-state index in [0.29, 0.717) is 13.1 Å². The first-order valence-electron chi connectivity index (χ1n) is 9.26. The quantitative estimate of drug-likeness (QED) is 0.648. The van der Waals surface area contributed by atoms with Gasteiger partial charge >= 0.3 is 0 Å². The van der Waals surface area contributed by atoms with Gasteiger partial charge in [-0.25, -0.2) is 17.2 Å². The molecular formula is C21H18F2N2O3S. The maximum atomic E-state index is 14.0. The number of nitrogens with zero attached hydrogens (tertiary/aromatic N) is 2. The first-order chi connectivity index (χ1) is 13.9. The smallest absolute Gasteiger partial charge is 0.256 e. The van der Waals surface area contributed by atoms with E-state index >= 15 is 0 Å². The largest absolute Gasteiger partial charge is 0.339 e. The van der Waals surface area contributed by atoms with Crippen molar-refractivity contribution in [3.63, 3.8) is 0 Å². The fraction of sp³-hybridized carbons (Fsp3) is 0.238. The minimum Gasteiger partial charge on any atom is -0.339 e. The van der Waals surface area contributed by atoms with Crippen LogP contribution in [0.1, 0.15) is 29.6 Å². The molecule has 2 heterocycles. The number of aromatic nitrogens is 1. The number of fused-ring (bicyclic) bond motifs is 1. The third kappa shape index (κ3) is 3.60. The summed E-state index contributed by atoms with van der Waals surface area (Å²) in [6.07, 6.45) is 3.86. The summed E-state index contributed by atoms with van der Waals surface area (Å²) in [6.45, 7) is 1.03. The Kier molecular flexibility index (Phi) is 5.04. The van der Waals surface area contributed by atoms with Crippen LogP contribution < -0.4 is 0 Å². The lowest BCUT2D eigenvalue weighted by atomic mass is 10.1. The second-order valence-corrected chi connectivity index (χ2v) is 8.86. The van der Waals surface area contributed by atoms with Gasteiger partial charge in [0.1, 0.15) is 11.6 Å². The summed E-state index contributed by atoms with van der Waals surface area (Å²) in [6, 6.07) is 8.10. The van der Waals surface area contributed by atoms with Crippen molar-refractivity contribution in [2.45, 2.75) is 29.1 Å². The van der Waals surface area contributed by atoms with Gasteiger partial charge in [0.15, 0.2) is 0 Å². The maximum absolute atomic E-state index is 14.0. The molecule has 4 rings (SSSR count). The molecule has 1 saturated heterocycles. The van der Waals surface area contributed by atoms with Gasteiger partial charge in [0.25, 0.3) is 5.91 Å². The highest BCUT2D eigenvalue weighted by molar-refractivity contribution is 7.91. The predicted molar refractivity (Wildman–Crippen MR) is 103 cm³/mol. The molecule has 0 spiro atoms. The minimum absolute atomic E-state index is 0.00267. The number of likely N-dealkylation sites (tertiary alicyclic amines) is 1. The Bertz CT molecular complexity index is 1210. The number of sulfone groups is 1. The van der Waals surface area contributed by atoms with E-state index in [1.807, 2.05) is 0 Å². The molecule has 1 aromatic heterocycles. The number of hydrogen-bond acceptors (Lipinski definition) is 4. The number of rotatable bonds is 3. The average molecular weight is 416 g/mol. The number of amides is 1. The topological polar surface area (TPSA) is 67.3 Å². The highest BCUT2D eigenvalue weighted by Gasteiger charge is 2.31. The molecule has 8 heteroatoms. The van der Waals surface area contributed by atoms with Crippen molar-refractivity contribution in [1.29, 1.82) is 0 Å². The molecule has 150 valence electrons. The molecule has 5 nitrogen and oxygen atoms in total. The van der Waals surface area contributed by atoms with E-state index in [0.717, 1.165) is 37.5 Å². The molecule has 2 aromatic carbocycles. The number of hydrogen-bond donors (Lipinski definition) is 0. The number of pyridine rings is 1. The first-order valence-corrected chi connectivity index (χ1v) is 10.7. The van der Waals surface area contributed by atoms with Crippen molar-refractivity contribution in [3.8, 4) is 0 Å². The van der Waals surface area contributed by atoms with Gasteiger partial charge < -0.3 is 4.90 Å². The fourth-order valence-electron chi connectivity index (χ4n) is 3.60. The Hall–Kier alpha value is -2.87. The van der Waals surface area contributed by atoms with Gasteiger partial charge in [0.05, 0.1) is 20.9 Å². The Morgan fingerprint density at radius 1 is 0.966 bits per heavy atom. The third-order valence-electron chi connectivity index (χ3n) is 5.03. The van der Waals surface area contributed by atoms with Gasteiger partial charge in [-0.15, -0.1) is 0 Å². The summed E-state index contributed by atoms with van der Waals surface area (Å²) in [5, 5.41) is -0.00267. The molecule has 3 aromatic rings. The second kappa shape index (κ2) is 7.51. The molecule has 1 fully saturated rings. The standard InChI is InChI=1S/C21H18F2N2O3S/c22-14-5-4-6-16(11-14)29(27,28)20-17-12-15(23)7-8-19(17)24-13-18(20)21(26)25-9-2-1-3-10-25/h4-8,11-13H,1-3,9-10H2. The van der Waals surface area contributed by atoms with Crippen LogP contribution in [0.5, 0.6) is 0 Å². The Morgan fingerprint density at radius 3 is 2.41 bits per heavy atom. The van der Waals surface area contributed by atoms with Crippen molar-refractivity contribution >= 4 is 26.6 Å². The van der Waals surface area contributed by atoms with Crippen LogP contribution in [0.2, 0.25) is 0 Å². The summed E-state index contributed by atoms with van der Waals surface area (Å²) in [4.78, 5) is 18.3. The fourth-order valence-corrected chi connectivity index (χ4v) is 5.25. The lowest BCUT2D eigenvalue weighted by Crippen LogP contribution is -2.36. The van der Waals surface area contributed by atoms with Gasteiger partial charge in [0, 0.05) is 24.7 Å². The van der Waals surface area contributed by atoms with E-state index in [1.165, 1.54) is 30.5 Å². The Morgan fingerprint density at radius 2 is 1.69 bits per heavy atom. The number of carbonyl (C=O) groups excluding carboxylic acids is 1. The summed E-state index contributed by atoms with van der Waals surface area (Å²) in [5.41, 5.74) is 0.103. The van der Waals surface area contributed by atoms with Gasteiger partial charge in [-0.1, -0.05) is 6.07 Å². The Balaban J connectivity index is 1.98. The van der Waals surface area contributed by atoms with Crippen LogP contribution in [0.15, 0.2) is 58.5 Å². The van der Waals surface area contributed by atoms with E-state index < -0.39 is 27.4 Å². The average Bonchev–Trinajstić information content (AvgIpc) is 2.72. The van der Waals surface area contributed by atoms with Gasteiger partial charge in [-0.3, -0.25) is 9.78 Å². The molecule has 0 unspecified atom stereocenters. The lowest BCUT2D eigenvalue weighted by molar-refractivity contribution is 0.0720. The van der Waals surface area contributed by atoms with E-state index in [1.54, 1.807) is 4.90 Å². The summed E-state index contributed by atoms with van der Waals surface area (Å²) in [7, 11) is -4.31. The number of carbonyl (C=O) groups is 1. The van der Waals surface area contributed by atoms with Crippen LogP contribution in [0.25, 0.3) is 10.9 Å². The molecule has 1 aliphatic heterocycles. The van der Waals surface area contributed by atoms with Crippen molar-refractivity contribution in [2.24, 2.45) is 0 Å². The van der Waals surface area contributed by atoms with Crippen molar-refractivity contribution in [2.75, 3.05) is 13.1 Å². The molecule has 0 bridgehead atoms. The van der Waals surface area contributed by atoms with Crippen LogP contribution in [0.3, 0.4) is 0 Å². The number of benzene rings is 2. The first kappa shape index (κ1) is 19.4. The molecule has 1 amide bonds. The van der Waals surface area contributed by atoms with E-state index in [4.69, 9.17) is 0 Å². The Labute approximate surface area is 166 Å². The summed E-state index contributed by atoms with van der Waals surface area (Å²) >= 11 is 0. The minimum atomic E-state index is -4.31. The molecule has 0 saturated carbocycles. The zero-order valence-corrected chi connectivity index (χ0v) is 16.3. The van der Waals surface area contributed by atoms with Crippen LogP contribution >= 0.6 is 0 Å². The summed E-state index contributed by atoms with van der Waals surface area (Å²) in [5.74, 6) is -1.85. The van der Waals surface area contributed by atoms with Crippen molar-refractivity contribution in [3.05, 3.63) is 65.9 Å². The SMILES string of the molecule is O=C(c1cnc2ccc(F)cc2c1S(=O)(=O)c1cccc(F)c1)N1CCCCC1. The van der Waals surface area contributed by atoms with Crippen LogP contribution in [0.4, 0.5) is 8.78 Å². The predicted octanol–water partition coefficient (Wildman–Crippen LogP) is 3.97. The van der Waals surface area contributed by atoms with Crippen LogP contribution in [-0.4, -0.2) is 37.3 Å². The molecular weight excluding hydrogens is 398 g/mol. The molecule has 0 aliphatic carbocycles. The third-order valence-corrected chi connectivity index (χ3v) is 6.88. The monoisotopic (exact) mass is 416 g/mol. The molecule has 29 heavy (non-hydrogen) atoms. The zero-order valence-electron chi connectivity index (χ0n) is 15.4. The van der Waals surface area contributed by atoms with Crippen LogP contribution in [0, 0.1) is 11.6 Å². The van der Waals surface area contributed by atoms with Crippen molar-refractivity contribution in [1.82, 2.24) is 9.88 Å². The highest BCUT2D eigenvalue weighted by Crippen LogP contribution is 2.32. The van der Waals surface area contributed by atoms with E-state index in [9.17, 15) is 22.0 Å². The molecule has 0 N–H and O–H groups in total. The zero-order chi connectivity index (χ0) is 20.6. The normalized spacial score (nSPS) is 14.9. The highest BCUT2D eigenvalue weighted by atomic mass is 32.2. The lowest BCUT2D eigenvalue weighted by Gasteiger charge is -2.27. The maximum Gasteiger partial charge on any atom is 0.256 e. The van der Waals surface area contributed by atoms with Gasteiger partial charge in [-0.2, -0.15) is 0 Å².